The van der Waals surface area contributed by atoms with Crippen molar-refractivity contribution >= 4 is 5.91 Å². The van der Waals surface area contributed by atoms with Gasteiger partial charge in [-0.1, -0.05) is 19.1 Å². The average Bonchev–Trinajstić information content (AvgIpc) is 3.14. The predicted octanol–water partition coefficient (Wildman–Crippen LogP) is 2.06. The molecule has 2 unspecified atom stereocenters. The van der Waals surface area contributed by atoms with Gasteiger partial charge in [-0.15, -0.1) is 0 Å². The maximum absolute atomic E-state index is 13.1. The number of aliphatic hydroxyl groups excluding tert-OH is 1. The van der Waals surface area contributed by atoms with Crippen molar-refractivity contribution in [3.63, 3.8) is 0 Å². The van der Waals surface area contributed by atoms with Gasteiger partial charge in [0.15, 0.2) is 0 Å². The van der Waals surface area contributed by atoms with Crippen LogP contribution in [0.4, 0.5) is 4.39 Å². The van der Waals surface area contributed by atoms with Crippen molar-refractivity contribution in [2.75, 3.05) is 6.54 Å². The number of halogens is 1. The van der Waals surface area contributed by atoms with E-state index >= 15 is 0 Å². The Morgan fingerprint density at radius 2 is 2.18 bits per heavy atom. The Hall–Kier alpha value is -2.21. The van der Waals surface area contributed by atoms with Gasteiger partial charge in [-0.3, -0.25) is 9.89 Å². The highest BCUT2D eigenvalue weighted by atomic mass is 19.1. The Bertz CT molecular complexity index is 668. The van der Waals surface area contributed by atoms with Crippen LogP contribution in [0.1, 0.15) is 41.1 Å². The van der Waals surface area contributed by atoms with Gasteiger partial charge in [-0.25, -0.2) is 4.39 Å². The zero-order valence-corrected chi connectivity index (χ0v) is 12.3. The minimum absolute atomic E-state index is 0.221. The molecule has 3 rings (SSSR count). The van der Waals surface area contributed by atoms with E-state index in [1.54, 1.807) is 23.1 Å². The lowest BCUT2D eigenvalue weighted by atomic mass is 10.0. The van der Waals surface area contributed by atoms with Crippen LogP contribution in [0.5, 0.6) is 0 Å². The lowest BCUT2D eigenvalue weighted by Gasteiger charge is -2.23. The normalized spacial score (nSPS) is 21.3. The van der Waals surface area contributed by atoms with Crippen LogP contribution < -0.4 is 0 Å². The van der Waals surface area contributed by atoms with Gasteiger partial charge in [-0.2, -0.15) is 5.10 Å². The summed E-state index contributed by atoms with van der Waals surface area (Å²) in [6, 6.07) is 7.51. The number of carbonyl (C=O) groups is 1. The molecule has 5 nitrogen and oxygen atoms in total. The lowest BCUT2D eigenvalue weighted by Crippen LogP contribution is -2.32. The van der Waals surface area contributed by atoms with Crippen LogP contribution in [-0.2, 0) is 6.42 Å². The summed E-state index contributed by atoms with van der Waals surface area (Å²) < 4.78 is 13.1. The molecule has 1 saturated heterocycles. The first-order valence-corrected chi connectivity index (χ1v) is 7.37. The van der Waals surface area contributed by atoms with Crippen molar-refractivity contribution in [2.24, 2.45) is 0 Å². The summed E-state index contributed by atoms with van der Waals surface area (Å²) in [7, 11) is 0. The molecule has 1 fully saturated rings. The zero-order valence-electron chi connectivity index (χ0n) is 12.3. The van der Waals surface area contributed by atoms with Crippen molar-refractivity contribution < 1.29 is 14.3 Å². The molecule has 0 bridgehead atoms. The third-order valence-electron chi connectivity index (χ3n) is 4.03. The molecule has 0 aliphatic carbocycles. The Labute approximate surface area is 127 Å². The van der Waals surface area contributed by atoms with E-state index in [4.69, 9.17) is 0 Å². The summed E-state index contributed by atoms with van der Waals surface area (Å²) in [6.45, 7) is 2.23. The second-order valence-corrected chi connectivity index (χ2v) is 5.55. The second-order valence-electron chi connectivity index (χ2n) is 5.55. The predicted molar refractivity (Wildman–Crippen MR) is 78.8 cm³/mol. The number of β-amino-alcohol motifs (C(OH)–C–C–N with tert-alkyl or cyclic N) is 1. The van der Waals surface area contributed by atoms with Crippen molar-refractivity contribution in [3.8, 4) is 0 Å². The molecule has 1 amide bonds. The number of nitrogens with zero attached hydrogens (tertiary/aromatic N) is 2. The summed E-state index contributed by atoms with van der Waals surface area (Å²) >= 11 is 0. The first-order valence-electron chi connectivity index (χ1n) is 7.37. The highest BCUT2D eigenvalue weighted by Crippen LogP contribution is 2.33. The highest BCUT2D eigenvalue weighted by molar-refractivity contribution is 5.93. The molecule has 116 valence electrons. The van der Waals surface area contributed by atoms with Crippen LogP contribution in [0.15, 0.2) is 30.3 Å². The second kappa shape index (κ2) is 5.88. The molecule has 2 N–H and O–H groups in total. The van der Waals surface area contributed by atoms with Gasteiger partial charge >= 0.3 is 0 Å². The van der Waals surface area contributed by atoms with Crippen LogP contribution in [0.25, 0.3) is 0 Å². The van der Waals surface area contributed by atoms with Crippen molar-refractivity contribution in [1.82, 2.24) is 15.1 Å². The number of carbonyl (C=O) groups excluding carboxylic acids is 1. The van der Waals surface area contributed by atoms with E-state index in [-0.39, 0.29) is 24.3 Å². The number of nitrogens with one attached hydrogen (secondary N) is 1. The van der Waals surface area contributed by atoms with E-state index in [2.05, 4.69) is 10.2 Å². The van der Waals surface area contributed by atoms with Crippen molar-refractivity contribution in [2.45, 2.75) is 31.9 Å². The quantitative estimate of drug-likeness (QED) is 0.912. The molecular formula is C16H18FN3O2. The number of hydrogen-bond acceptors (Lipinski definition) is 3. The molecule has 0 radical (unpaired) electrons. The number of hydrogen-bond donors (Lipinski definition) is 2. The van der Waals surface area contributed by atoms with Gasteiger partial charge in [0.2, 0.25) is 0 Å². The molecule has 1 aromatic carbocycles. The zero-order chi connectivity index (χ0) is 15.7. The first-order chi connectivity index (χ1) is 10.6. The van der Waals surface area contributed by atoms with Gasteiger partial charge < -0.3 is 10.0 Å². The molecule has 22 heavy (non-hydrogen) atoms. The molecule has 1 aliphatic rings. The highest BCUT2D eigenvalue weighted by Gasteiger charge is 2.36. The van der Waals surface area contributed by atoms with Crippen molar-refractivity contribution in [1.29, 1.82) is 0 Å². The molecule has 1 aliphatic heterocycles. The number of aliphatic hydroxyl groups is 1. The molecular weight excluding hydrogens is 285 g/mol. The number of rotatable bonds is 3. The topological polar surface area (TPSA) is 69.2 Å². The monoisotopic (exact) mass is 303 g/mol. The van der Waals surface area contributed by atoms with Gasteiger partial charge in [0.1, 0.15) is 11.5 Å². The number of aromatic amines is 1. The average molecular weight is 303 g/mol. The largest absolute Gasteiger partial charge is 0.391 e. The van der Waals surface area contributed by atoms with Crippen LogP contribution in [-0.4, -0.2) is 38.8 Å². The fourth-order valence-electron chi connectivity index (χ4n) is 2.84. The number of benzene rings is 1. The molecule has 2 atom stereocenters. The van der Waals surface area contributed by atoms with Crippen molar-refractivity contribution in [3.05, 3.63) is 53.1 Å². The van der Waals surface area contributed by atoms with Gasteiger partial charge in [0.05, 0.1) is 12.1 Å². The van der Waals surface area contributed by atoms with E-state index in [9.17, 15) is 14.3 Å². The molecule has 0 saturated carbocycles. The minimum Gasteiger partial charge on any atom is -0.391 e. The number of aryl methyl sites for hydroxylation is 1. The van der Waals surface area contributed by atoms with Gasteiger partial charge in [0, 0.05) is 12.2 Å². The van der Waals surface area contributed by atoms with Crippen LogP contribution in [0.3, 0.4) is 0 Å². The maximum atomic E-state index is 13.1. The van der Waals surface area contributed by atoms with Crippen LogP contribution in [0.2, 0.25) is 0 Å². The van der Waals surface area contributed by atoms with E-state index in [1.165, 1.54) is 12.1 Å². The van der Waals surface area contributed by atoms with E-state index in [0.717, 1.165) is 17.7 Å². The lowest BCUT2D eigenvalue weighted by molar-refractivity contribution is 0.0710. The number of amides is 1. The summed E-state index contributed by atoms with van der Waals surface area (Å²) in [6.07, 6.45) is 0.635. The van der Waals surface area contributed by atoms with E-state index in [0.29, 0.717) is 12.1 Å². The number of aromatic nitrogens is 2. The molecule has 0 spiro atoms. The number of likely N-dealkylation sites (tertiary alicyclic amines) is 1. The summed E-state index contributed by atoms with van der Waals surface area (Å²) in [4.78, 5) is 14.2. The Morgan fingerprint density at radius 3 is 2.82 bits per heavy atom. The summed E-state index contributed by atoms with van der Waals surface area (Å²) in [5.41, 5.74) is 2.05. The maximum Gasteiger partial charge on any atom is 0.274 e. The first kappa shape index (κ1) is 14.7. The van der Waals surface area contributed by atoms with E-state index in [1.807, 2.05) is 6.92 Å². The van der Waals surface area contributed by atoms with Gasteiger partial charge in [0.25, 0.3) is 5.91 Å². The standard InChI is InChI=1S/C16H18FN3O2/c1-2-12-7-14(19-18-12)16(22)20-9-13(21)8-15(20)10-3-5-11(17)6-4-10/h3-7,13,15,21H,2,8-9H2,1H3,(H,18,19). The van der Waals surface area contributed by atoms with Crippen LogP contribution >= 0.6 is 0 Å². The fraction of sp³-hybridized carbons (Fsp3) is 0.375. The third-order valence-corrected chi connectivity index (χ3v) is 4.03. The SMILES string of the molecule is CCc1cc(C(=O)N2CC(O)CC2c2ccc(F)cc2)n[nH]1. The fourth-order valence-corrected chi connectivity index (χ4v) is 2.84. The summed E-state index contributed by atoms with van der Waals surface area (Å²) in [5, 5.41) is 16.8. The molecule has 2 aromatic rings. The number of H-pyrrole nitrogens is 1. The molecule has 2 heterocycles. The Balaban J connectivity index is 1.86. The Morgan fingerprint density at radius 1 is 1.45 bits per heavy atom. The third kappa shape index (κ3) is 2.74. The summed E-state index contributed by atoms with van der Waals surface area (Å²) in [5.74, 6) is -0.540. The van der Waals surface area contributed by atoms with Gasteiger partial charge in [-0.05, 0) is 36.6 Å². The Kier molecular flexibility index (Phi) is 3.94. The van der Waals surface area contributed by atoms with E-state index < -0.39 is 6.10 Å². The molecule has 6 heteroatoms. The molecule has 1 aromatic heterocycles. The smallest absolute Gasteiger partial charge is 0.274 e. The van der Waals surface area contributed by atoms with Crippen LogP contribution in [0, 0.1) is 5.82 Å². The minimum atomic E-state index is -0.580.